The van der Waals surface area contributed by atoms with Crippen molar-refractivity contribution >= 4 is 11.6 Å². The molecule has 0 bridgehead atoms. The quantitative estimate of drug-likeness (QED) is 0.655. The standard InChI is InChI=1S/C17H21N3O/c1-13-7-3-4-8-14(13)11-12-19-17(18)20-15-9-5-6-10-16(15)21-2/h3-10H,11-12H2,1-2H3,(H3,18,19,20). The Morgan fingerprint density at radius 2 is 1.86 bits per heavy atom. The second-order valence-electron chi connectivity index (χ2n) is 4.77. The third-order valence-corrected chi connectivity index (χ3v) is 3.29. The van der Waals surface area contributed by atoms with E-state index >= 15 is 0 Å². The van der Waals surface area contributed by atoms with E-state index in [9.17, 15) is 0 Å². The minimum atomic E-state index is 0.396. The first-order valence-electron chi connectivity index (χ1n) is 6.95. The fourth-order valence-electron chi connectivity index (χ4n) is 2.11. The van der Waals surface area contributed by atoms with Gasteiger partial charge in [0.05, 0.1) is 12.8 Å². The summed E-state index contributed by atoms with van der Waals surface area (Å²) in [7, 11) is 1.63. The summed E-state index contributed by atoms with van der Waals surface area (Å²) in [4.78, 5) is 4.36. The van der Waals surface area contributed by atoms with Gasteiger partial charge in [-0.05, 0) is 36.6 Å². The predicted octanol–water partition coefficient (Wildman–Crippen LogP) is 2.97. The van der Waals surface area contributed by atoms with Crippen LogP contribution < -0.4 is 15.8 Å². The van der Waals surface area contributed by atoms with Gasteiger partial charge in [0.1, 0.15) is 5.75 Å². The normalized spacial score (nSPS) is 11.2. The molecule has 0 aromatic heterocycles. The van der Waals surface area contributed by atoms with Gasteiger partial charge in [0, 0.05) is 6.54 Å². The summed E-state index contributed by atoms with van der Waals surface area (Å²) < 4.78 is 5.26. The summed E-state index contributed by atoms with van der Waals surface area (Å²) in [6.45, 7) is 2.76. The summed E-state index contributed by atoms with van der Waals surface area (Å²) in [6, 6.07) is 15.9. The second-order valence-corrected chi connectivity index (χ2v) is 4.77. The lowest BCUT2D eigenvalue weighted by Gasteiger charge is -2.10. The Bertz CT molecular complexity index is 623. The topological polar surface area (TPSA) is 59.6 Å². The van der Waals surface area contributed by atoms with Gasteiger partial charge in [-0.3, -0.25) is 4.99 Å². The Morgan fingerprint density at radius 3 is 2.62 bits per heavy atom. The van der Waals surface area contributed by atoms with Crippen LogP contribution in [0.1, 0.15) is 11.1 Å². The van der Waals surface area contributed by atoms with Crippen molar-refractivity contribution in [3.8, 4) is 5.75 Å². The van der Waals surface area contributed by atoms with Gasteiger partial charge in [0.2, 0.25) is 0 Å². The first-order chi connectivity index (χ1) is 10.2. The van der Waals surface area contributed by atoms with Gasteiger partial charge < -0.3 is 15.8 Å². The molecule has 2 aromatic carbocycles. The molecule has 0 aliphatic heterocycles. The summed E-state index contributed by atoms with van der Waals surface area (Å²) in [5.41, 5.74) is 9.31. The summed E-state index contributed by atoms with van der Waals surface area (Å²) in [5.74, 6) is 1.14. The molecule has 0 aliphatic rings. The molecule has 0 atom stereocenters. The van der Waals surface area contributed by atoms with Crippen LogP contribution in [0.4, 0.5) is 5.69 Å². The third-order valence-electron chi connectivity index (χ3n) is 3.29. The average molecular weight is 283 g/mol. The number of methoxy groups -OCH3 is 1. The van der Waals surface area contributed by atoms with Gasteiger partial charge in [-0.1, -0.05) is 36.4 Å². The Hall–Kier alpha value is -2.49. The number of anilines is 1. The van der Waals surface area contributed by atoms with Gasteiger partial charge in [-0.25, -0.2) is 0 Å². The van der Waals surface area contributed by atoms with Crippen molar-refractivity contribution in [3.63, 3.8) is 0 Å². The number of aliphatic imine (C=N–C) groups is 1. The highest BCUT2D eigenvalue weighted by molar-refractivity contribution is 5.93. The maximum absolute atomic E-state index is 5.91. The summed E-state index contributed by atoms with van der Waals surface area (Å²) in [5, 5.41) is 3.07. The van der Waals surface area contributed by atoms with E-state index in [1.165, 1.54) is 11.1 Å². The van der Waals surface area contributed by atoms with Crippen molar-refractivity contribution in [3.05, 3.63) is 59.7 Å². The summed E-state index contributed by atoms with van der Waals surface area (Å²) in [6.07, 6.45) is 0.876. The molecule has 110 valence electrons. The molecule has 21 heavy (non-hydrogen) atoms. The first-order valence-corrected chi connectivity index (χ1v) is 6.95. The van der Waals surface area contributed by atoms with Gasteiger partial charge in [-0.15, -0.1) is 0 Å². The van der Waals surface area contributed by atoms with E-state index in [4.69, 9.17) is 10.5 Å². The molecular weight excluding hydrogens is 262 g/mol. The molecule has 0 saturated carbocycles. The first kappa shape index (κ1) is 14.9. The van der Waals surface area contributed by atoms with Crippen molar-refractivity contribution in [2.24, 2.45) is 10.7 Å². The zero-order valence-electron chi connectivity index (χ0n) is 12.5. The van der Waals surface area contributed by atoms with Crippen molar-refractivity contribution in [2.75, 3.05) is 19.0 Å². The van der Waals surface area contributed by atoms with Crippen LogP contribution in [0.25, 0.3) is 0 Å². The van der Waals surface area contributed by atoms with Gasteiger partial charge >= 0.3 is 0 Å². The molecule has 4 heteroatoms. The van der Waals surface area contributed by atoms with E-state index in [2.05, 4.69) is 29.4 Å². The number of guanidine groups is 1. The molecule has 0 radical (unpaired) electrons. The van der Waals surface area contributed by atoms with Crippen LogP contribution in [0, 0.1) is 6.92 Å². The fraction of sp³-hybridized carbons (Fsp3) is 0.235. The molecule has 4 nitrogen and oxygen atoms in total. The van der Waals surface area contributed by atoms with Crippen LogP contribution in [0.2, 0.25) is 0 Å². The zero-order valence-corrected chi connectivity index (χ0v) is 12.5. The van der Waals surface area contributed by atoms with Crippen LogP contribution in [0.15, 0.2) is 53.5 Å². The molecule has 0 unspecified atom stereocenters. The largest absolute Gasteiger partial charge is 0.495 e. The smallest absolute Gasteiger partial charge is 0.193 e. The number of para-hydroxylation sites is 2. The van der Waals surface area contributed by atoms with Gasteiger partial charge in [0.15, 0.2) is 5.96 Å². The van der Waals surface area contributed by atoms with E-state index < -0.39 is 0 Å². The Morgan fingerprint density at radius 1 is 1.14 bits per heavy atom. The second kappa shape index (κ2) is 7.33. The monoisotopic (exact) mass is 283 g/mol. The highest BCUT2D eigenvalue weighted by Gasteiger charge is 2.02. The Balaban J connectivity index is 1.94. The lowest BCUT2D eigenvalue weighted by molar-refractivity contribution is 0.417. The number of rotatable bonds is 5. The van der Waals surface area contributed by atoms with Gasteiger partial charge in [0.25, 0.3) is 0 Å². The van der Waals surface area contributed by atoms with Crippen molar-refractivity contribution in [2.45, 2.75) is 13.3 Å². The zero-order chi connectivity index (χ0) is 15.1. The van der Waals surface area contributed by atoms with Crippen LogP contribution in [-0.4, -0.2) is 19.6 Å². The lowest BCUT2D eigenvalue weighted by Crippen LogP contribution is -2.23. The minimum absolute atomic E-state index is 0.396. The lowest BCUT2D eigenvalue weighted by atomic mass is 10.1. The van der Waals surface area contributed by atoms with Crippen molar-refractivity contribution < 1.29 is 4.74 Å². The van der Waals surface area contributed by atoms with E-state index in [0.717, 1.165) is 17.9 Å². The number of nitrogens with two attached hydrogens (primary N) is 1. The van der Waals surface area contributed by atoms with Crippen LogP contribution >= 0.6 is 0 Å². The molecule has 0 aliphatic carbocycles. The molecule has 0 heterocycles. The number of hydrogen-bond acceptors (Lipinski definition) is 2. The number of nitrogens with zero attached hydrogens (tertiary/aromatic N) is 1. The number of ether oxygens (including phenoxy) is 1. The molecule has 0 amide bonds. The van der Waals surface area contributed by atoms with E-state index in [1.807, 2.05) is 36.4 Å². The summed E-state index contributed by atoms with van der Waals surface area (Å²) >= 11 is 0. The molecular formula is C17H21N3O. The Labute approximate surface area is 125 Å². The SMILES string of the molecule is COc1ccccc1NC(N)=NCCc1ccccc1C. The predicted molar refractivity (Wildman–Crippen MR) is 88.0 cm³/mol. The number of nitrogens with one attached hydrogen (secondary N) is 1. The molecule has 3 N–H and O–H groups in total. The van der Waals surface area contributed by atoms with Crippen LogP contribution in [0.3, 0.4) is 0 Å². The number of aryl methyl sites for hydroxylation is 1. The molecule has 0 fully saturated rings. The maximum Gasteiger partial charge on any atom is 0.193 e. The minimum Gasteiger partial charge on any atom is -0.495 e. The number of hydrogen-bond donors (Lipinski definition) is 2. The average Bonchev–Trinajstić information content (AvgIpc) is 2.50. The molecule has 2 rings (SSSR count). The highest BCUT2D eigenvalue weighted by atomic mass is 16.5. The Kier molecular flexibility index (Phi) is 5.21. The molecule has 2 aromatic rings. The van der Waals surface area contributed by atoms with Gasteiger partial charge in [-0.2, -0.15) is 0 Å². The highest BCUT2D eigenvalue weighted by Crippen LogP contribution is 2.22. The maximum atomic E-state index is 5.91. The van der Waals surface area contributed by atoms with E-state index in [-0.39, 0.29) is 0 Å². The van der Waals surface area contributed by atoms with E-state index in [1.54, 1.807) is 7.11 Å². The molecule has 0 spiro atoms. The van der Waals surface area contributed by atoms with Crippen LogP contribution in [0.5, 0.6) is 5.75 Å². The third kappa shape index (κ3) is 4.24. The van der Waals surface area contributed by atoms with Crippen LogP contribution in [-0.2, 0) is 6.42 Å². The van der Waals surface area contributed by atoms with E-state index in [0.29, 0.717) is 12.5 Å². The van der Waals surface area contributed by atoms with Crippen molar-refractivity contribution in [1.29, 1.82) is 0 Å². The van der Waals surface area contributed by atoms with Crippen molar-refractivity contribution in [1.82, 2.24) is 0 Å². The molecule has 0 saturated heterocycles. The number of benzene rings is 2. The fourth-order valence-corrected chi connectivity index (χ4v) is 2.11.